The SMILES string of the molecule is Nc1nc(N)c(C(CCc2ccccc2)C[N+](=O)[O-])c(N)n1. The van der Waals surface area contributed by atoms with Gasteiger partial charge in [0.1, 0.15) is 11.6 Å². The molecular formula is C14H18N6O2. The van der Waals surface area contributed by atoms with Crippen LogP contribution in [0.15, 0.2) is 30.3 Å². The van der Waals surface area contributed by atoms with E-state index < -0.39 is 5.92 Å². The van der Waals surface area contributed by atoms with Crippen LogP contribution in [0.2, 0.25) is 0 Å². The third-order valence-corrected chi connectivity index (χ3v) is 3.42. The van der Waals surface area contributed by atoms with Crippen molar-refractivity contribution in [3.8, 4) is 0 Å². The van der Waals surface area contributed by atoms with Crippen molar-refractivity contribution >= 4 is 17.6 Å². The van der Waals surface area contributed by atoms with Crippen LogP contribution in [0.1, 0.15) is 23.5 Å². The summed E-state index contributed by atoms with van der Waals surface area (Å²) < 4.78 is 0. The maximum absolute atomic E-state index is 10.9. The van der Waals surface area contributed by atoms with Gasteiger partial charge in [-0.1, -0.05) is 30.3 Å². The molecule has 6 N–H and O–H groups in total. The fourth-order valence-corrected chi connectivity index (χ4v) is 2.43. The first kappa shape index (κ1) is 15.5. The molecule has 0 aliphatic rings. The Labute approximate surface area is 127 Å². The average molecular weight is 302 g/mol. The number of hydrogen-bond donors (Lipinski definition) is 3. The van der Waals surface area contributed by atoms with E-state index in [0.717, 1.165) is 5.56 Å². The van der Waals surface area contributed by atoms with E-state index in [0.29, 0.717) is 18.4 Å². The Kier molecular flexibility index (Phi) is 4.72. The summed E-state index contributed by atoms with van der Waals surface area (Å²) in [6.07, 6.45) is 1.19. The molecule has 1 atom stereocenters. The number of aryl methyl sites for hydroxylation is 1. The van der Waals surface area contributed by atoms with Gasteiger partial charge in [0.05, 0.1) is 5.92 Å². The van der Waals surface area contributed by atoms with Crippen LogP contribution in [0.5, 0.6) is 0 Å². The maximum atomic E-state index is 10.9. The molecule has 22 heavy (non-hydrogen) atoms. The van der Waals surface area contributed by atoms with Crippen LogP contribution in [0, 0.1) is 10.1 Å². The molecule has 116 valence electrons. The van der Waals surface area contributed by atoms with Gasteiger partial charge in [0.2, 0.25) is 12.5 Å². The van der Waals surface area contributed by atoms with E-state index in [4.69, 9.17) is 17.2 Å². The molecule has 0 spiro atoms. The van der Waals surface area contributed by atoms with Crippen molar-refractivity contribution in [2.45, 2.75) is 18.8 Å². The average Bonchev–Trinajstić information content (AvgIpc) is 2.44. The molecule has 8 heteroatoms. The molecule has 2 rings (SSSR count). The van der Waals surface area contributed by atoms with Gasteiger partial charge in [0, 0.05) is 10.5 Å². The lowest BCUT2D eigenvalue weighted by Gasteiger charge is -2.16. The molecule has 0 aliphatic heterocycles. The van der Waals surface area contributed by atoms with Gasteiger partial charge in [-0.05, 0) is 18.4 Å². The molecular weight excluding hydrogens is 284 g/mol. The quantitative estimate of drug-likeness (QED) is 0.536. The van der Waals surface area contributed by atoms with Crippen LogP contribution in [0.4, 0.5) is 17.6 Å². The van der Waals surface area contributed by atoms with Crippen molar-refractivity contribution in [2.24, 2.45) is 0 Å². The lowest BCUT2D eigenvalue weighted by Crippen LogP contribution is -2.19. The van der Waals surface area contributed by atoms with Crippen molar-refractivity contribution in [3.05, 3.63) is 51.6 Å². The molecule has 0 amide bonds. The van der Waals surface area contributed by atoms with Crippen molar-refractivity contribution in [2.75, 3.05) is 23.7 Å². The topological polar surface area (TPSA) is 147 Å². The van der Waals surface area contributed by atoms with Gasteiger partial charge in [0.15, 0.2) is 0 Å². The zero-order valence-electron chi connectivity index (χ0n) is 12.0. The molecule has 0 saturated heterocycles. The normalized spacial score (nSPS) is 12.0. The predicted molar refractivity (Wildman–Crippen MR) is 84.6 cm³/mol. The molecule has 0 bridgehead atoms. The predicted octanol–water partition coefficient (Wildman–Crippen LogP) is 1.22. The number of nitrogen functional groups attached to an aromatic ring is 3. The first-order valence-corrected chi connectivity index (χ1v) is 6.81. The summed E-state index contributed by atoms with van der Waals surface area (Å²) in [7, 11) is 0. The van der Waals surface area contributed by atoms with Crippen molar-refractivity contribution in [1.82, 2.24) is 9.97 Å². The zero-order chi connectivity index (χ0) is 16.1. The number of aromatic nitrogens is 2. The number of nitrogens with zero attached hydrogens (tertiary/aromatic N) is 3. The van der Waals surface area contributed by atoms with Crippen LogP contribution in [0.25, 0.3) is 0 Å². The van der Waals surface area contributed by atoms with E-state index >= 15 is 0 Å². The van der Waals surface area contributed by atoms with Crippen molar-refractivity contribution in [3.63, 3.8) is 0 Å². The molecule has 0 radical (unpaired) electrons. The minimum Gasteiger partial charge on any atom is -0.383 e. The molecule has 2 aromatic rings. The van der Waals surface area contributed by atoms with Crippen molar-refractivity contribution in [1.29, 1.82) is 0 Å². The Balaban J connectivity index is 2.25. The highest BCUT2D eigenvalue weighted by molar-refractivity contribution is 5.57. The summed E-state index contributed by atoms with van der Waals surface area (Å²) in [5.41, 5.74) is 18.6. The van der Waals surface area contributed by atoms with E-state index in [1.165, 1.54) is 0 Å². The summed E-state index contributed by atoms with van der Waals surface area (Å²) in [5, 5.41) is 10.9. The Morgan fingerprint density at radius 3 is 2.23 bits per heavy atom. The fraction of sp³-hybridized carbons (Fsp3) is 0.286. The molecule has 1 aromatic carbocycles. The number of hydrogen-bond acceptors (Lipinski definition) is 7. The van der Waals surface area contributed by atoms with E-state index in [-0.39, 0.29) is 29.1 Å². The largest absolute Gasteiger partial charge is 0.383 e. The van der Waals surface area contributed by atoms with Gasteiger partial charge < -0.3 is 17.2 Å². The second-order valence-electron chi connectivity index (χ2n) is 5.00. The number of benzene rings is 1. The number of nitrogens with two attached hydrogens (primary N) is 3. The lowest BCUT2D eigenvalue weighted by molar-refractivity contribution is -0.483. The monoisotopic (exact) mass is 302 g/mol. The minimum absolute atomic E-state index is 0.0401. The minimum atomic E-state index is -0.462. The van der Waals surface area contributed by atoms with E-state index in [2.05, 4.69) is 9.97 Å². The van der Waals surface area contributed by atoms with E-state index in [1.807, 2.05) is 30.3 Å². The second kappa shape index (κ2) is 6.70. The summed E-state index contributed by atoms with van der Waals surface area (Å²) in [6, 6.07) is 9.70. The zero-order valence-corrected chi connectivity index (χ0v) is 12.0. The van der Waals surface area contributed by atoms with Gasteiger partial charge in [0.25, 0.3) is 0 Å². The third kappa shape index (κ3) is 3.81. The fourth-order valence-electron chi connectivity index (χ4n) is 2.43. The van der Waals surface area contributed by atoms with Gasteiger partial charge in [-0.3, -0.25) is 10.1 Å². The molecule has 0 saturated carbocycles. The van der Waals surface area contributed by atoms with Crippen LogP contribution in [0.3, 0.4) is 0 Å². The smallest absolute Gasteiger partial charge is 0.223 e. The van der Waals surface area contributed by atoms with Crippen molar-refractivity contribution < 1.29 is 4.92 Å². The van der Waals surface area contributed by atoms with Crippen LogP contribution in [-0.2, 0) is 6.42 Å². The molecule has 8 nitrogen and oxygen atoms in total. The van der Waals surface area contributed by atoms with E-state index in [1.54, 1.807) is 0 Å². The van der Waals surface area contributed by atoms with Gasteiger partial charge >= 0.3 is 0 Å². The van der Waals surface area contributed by atoms with Crippen LogP contribution in [-0.4, -0.2) is 21.4 Å². The highest BCUT2D eigenvalue weighted by Crippen LogP contribution is 2.30. The summed E-state index contributed by atoms with van der Waals surface area (Å²) >= 11 is 0. The molecule has 0 fully saturated rings. The first-order valence-electron chi connectivity index (χ1n) is 6.81. The summed E-state index contributed by atoms with van der Waals surface area (Å²) in [6.45, 7) is -0.283. The standard InChI is InChI=1S/C14H18N6O2/c15-12-11(13(16)19-14(17)18-12)10(8-20(21)22)7-6-9-4-2-1-3-5-9/h1-5,10H,6-8H2,(H6,15,16,17,18,19). The summed E-state index contributed by atoms with van der Waals surface area (Å²) in [4.78, 5) is 18.3. The number of rotatable bonds is 6. The molecule has 1 heterocycles. The molecule has 1 unspecified atom stereocenters. The Morgan fingerprint density at radius 2 is 1.68 bits per heavy atom. The van der Waals surface area contributed by atoms with E-state index in [9.17, 15) is 10.1 Å². The first-order chi connectivity index (χ1) is 10.5. The summed E-state index contributed by atoms with van der Waals surface area (Å²) in [5.74, 6) is -0.299. The third-order valence-electron chi connectivity index (χ3n) is 3.42. The van der Waals surface area contributed by atoms with Crippen LogP contribution >= 0.6 is 0 Å². The molecule has 0 aliphatic carbocycles. The highest BCUT2D eigenvalue weighted by Gasteiger charge is 2.24. The molecule has 1 aromatic heterocycles. The lowest BCUT2D eigenvalue weighted by atomic mass is 9.92. The Morgan fingerprint density at radius 1 is 1.09 bits per heavy atom. The van der Waals surface area contributed by atoms with Gasteiger partial charge in [-0.15, -0.1) is 0 Å². The maximum Gasteiger partial charge on any atom is 0.223 e. The van der Waals surface area contributed by atoms with Crippen LogP contribution < -0.4 is 17.2 Å². The number of nitro groups is 1. The number of anilines is 3. The highest BCUT2D eigenvalue weighted by atomic mass is 16.6. The van der Waals surface area contributed by atoms with Gasteiger partial charge in [-0.2, -0.15) is 9.97 Å². The van der Waals surface area contributed by atoms with Gasteiger partial charge in [-0.25, -0.2) is 0 Å². The Bertz CT molecular complexity index is 639. The Hall–Kier alpha value is -2.90. The second-order valence-corrected chi connectivity index (χ2v) is 5.00.